The maximum absolute atomic E-state index is 12.5. The average molecular weight is 417 g/mol. The summed E-state index contributed by atoms with van der Waals surface area (Å²) in [5.41, 5.74) is 4.55. The van der Waals surface area contributed by atoms with Crippen LogP contribution in [0.4, 0.5) is 0 Å². The molecule has 1 aliphatic rings. The summed E-state index contributed by atoms with van der Waals surface area (Å²) in [7, 11) is 0. The Kier molecular flexibility index (Phi) is 6.26. The van der Waals surface area contributed by atoms with E-state index >= 15 is 0 Å². The number of carboxylic acid groups (broad SMARTS) is 1. The monoisotopic (exact) mass is 416 g/mol. The van der Waals surface area contributed by atoms with Crippen molar-refractivity contribution < 1.29 is 9.90 Å². The van der Waals surface area contributed by atoms with E-state index in [1.807, 2.05) is 36.4 Å². The first-order valence-corrected chi connectivity index (χ1v) is 11.4. The Morgan fingerprint density at radius 1 is 1.06 bits per heavy atom. The van der Waals surface area contributed by atoms with Crippen molar-refractivity contribution >= 4 is 5.97 Å². The Bertz CT molecular complexity index is 1020. The van der Waals surface area contributed by atoms with Crippen molar-refractivity contribution in [2.75, 3.05) is 0 Å². The fourth-order valence-electron chi connectivity index (χ4n) is 5.07. The van der Waals surface area contributed by atoms with Gasteiger partial charge in [-0.2, -0.15) is 0 Å². The third-order valence-corrected chi connectivity index (χ3v) is 6.62. The molecule has 1 N–H and O–H groups in total. The molecule has 1 heterocycles. The fraction of sp³-hybridized carbons (Fsp3) is 0.407. The molecule has 4 nitrogen and oxygen atoms in total. The molecule has 31 heavy (non-hydrogen) atoms. The van der Waals surface area contributed by atoms with Gasteiger partial charge in [-0.15, -0.1) is 0 Å². The van der Waals surface area contributed by atoms with Gasteiger partial charge in [-0.05, 0) is 43.7 Å². The van der Waals surface area contributed by atoms with Crippen LogP contribution in [0.2, 0.25) is 0 Å². The molecule has 3 atom stereocenters. The zero-order chi connectivity index (χ0) is 22.0. The summed E-state index contributed by atoms with van der Waals surface area (Å²) >= 11 is 0. The zero-order valence-electron chi connectivity index (χ0n) is 18.7. The molecule has 0 spiro atoms. The number of aromatic nitrogens is 2. The predicted octanol–water partition coefficient (Wildman–Crippen LogP) is 5.98. The van der Waals surface area contributed by atoms with Crippen LogP contribution in [0.5, 0.6) is 0 Å². The topological polar surface area (TPSA) is 55.1 Å². The molecular weight excluding hydrogens is 384 g/mol. The molecule has 0 saturated heterocycles. The quantitative estimate of drug-likeness (QED) is 0.515. The molecule has 0 bridgehead atoms. The Morgan fingerprint density at radius 3 is 2.32 bits per heavy atom. The molecule has 0 amide bonds. The molecule has 0 saturated carbocycles. The summed E-state index contributed by atoms with van der Waals surface area (Å²) in [5, 5.41) is 10.2. The molecule has 0 fully saturated rings. The predicted molar refractivity (Wildman–Crippen MR) is 124 cm³/mol. The van der Waals surface area contributed by atoms with E-state index in [2.05, 4.69) is 49.6 Å². The summed E-state index contributed by atoms with van der Waals surface area (Å²) in [6.45, 7) is 6.56. The van der Waals surface area contributed by atoms with Gasteiger partial charge in [0.15, 0.2) is 0 Å². The molecule has 162 valence electrons. The van der Waals surface area contributed by atoms with Crippen LogP contribution in [0, 0.1) is 5.92 Å². The van der Waals surface area contributed by atoms with E-state index in [1.165, 1.54) is 5.56 Å². The van der Waals surface area contributed by atoms with Gasteiger partial charge in [0.1, 0.15) is 5.82 Å². The Labute approximate surface area is 185 Å². The van der Waals surface area contributed by atoms with Gasteiger partial charge in [0.2, 0.25) is 0 Å². The molecule has 0 aliphatic heterocycles. The largest absolute Gasteiger partial charge is 0.481 e. The molecule has 2 aromatic carbocycles. The van der Waals surface area contributed by atoms with Gasteiger partial charge < -0.3 is 9.67 Å². The Morgan fingerprint density at radius 2 is 1.71 bits per heavy atom. The number of imidazole rings is 1. The second-order valence-corrected chi connectivity index (χ2v) is 9.05. The van der Waals surface area contributed by atoms with Crippen molar-refractivity contribution in [3.63, 3.8) is 0 Å². The van der Waals surface area contributed by atoms with Gasteiger partial charge in [-0.1, -0.05) is 74.5 Å². The molecule has 1 aliphatic carbocycles. The van der Waals surface area contributed by atoms with Crippen molar-refractivity contribution in [1.82, 2.24) is 9.55 Å². The van der Waals surface area contributed by atoms with E-state index in [9.17, 15) is 9.90 Å². The molecule has 4 heteroatoms. The summed E-state index contributed by atoms with van der Waals surface area (Å²) in [6, 6.07) is 20.6. The molecule has 4 rings (SSSR count). The number of aryl methyl sites for hydroxylation is 1. The van der Waals surface area contributed by atoms with E-state index in [0.29, 0.717) is 6.42 Å². The molecule has 2 unspecified atom stereocenters. The first-order chi connectivity index (χ1) is 15.0. The highest BCUT2D eigenvalue weighted by atomic mass is 16.4. The van der Waals surface area contributed by atoms with E-state index in [-0.39, 0.29) is 17.9 Å². The number of rotatable bonds is 7. The summed E-state index contributed by atoms with van der Waals surface area (Å²) in [4.78, 5) is 17.5. The lowest BCUT2D eigenvalue weighted by molar-refractivity contribution is -0.142. The number of hydrogen-bond acceptors (Lipinski definition) is 2. The highest BCUT2D eigenvalue weighted by Crippen LogP contribution is 2.42. The summed E-state index contributed by atoms with van der Waals surface area (Å²) in [5.74, 6) is 0.132. The molecule has 0 radical (unpaired) electrons. The number of nitrogens with zero attached hydrogens (tertiary/aromatic N) is 2. The summed E-state index contributed by atoms with van der Waals surface area (Å²) in [6.07, 6.45) is 3.35. The van der Waals surface area contributed by atoms with Crippen LogP contribution >= 0.6 is 0 Å². The lowest BCUT2D eigenvalue weighted by Crippen LogP contribution is -2.30. The molecule has 3 aromatic rings. The van der Waals surface area contributed by atoms with Crippen LogP contribution in [-0.4, -0.2) is 20.6 Å². The molecular formula is C27H32N2O2. The minimum atomic E-state index is -0.715. The van der Waals surface area contributed by atoms with Gasteiger partial charge in [0.25, 0.3) is 0 Å². The number of aliphatic carboxylic acids is 1. The number of carboxylic acids is 1. The first-order valence-electron chi connectivity index (χ1n) is 11.4. The highest BCUT2D eigenvalue weighted by molar-refractivity contribution is 5.72. The SMILES string of the molecule is CC(C)c1nc2c(n1[C@H](C)c1ccccc1)C(C(Cc1ccccc1)C(=O)O)CCC2. The van der Waals surface area contributed by atoms with E-state index < -0.39 is 11.9 Å². The van der Waals surface area contributed by atoms with Gasteiger partial charge in [0.05, 0.1) is 17.7 Å². The Balaban J connectivity index is 1.81. The van der Waals surface area contributed by atoms with Gasteiger partial charge in [-0.3, -0.25) is 4.79 Å². The second-order valence-electron chi connectivity index (χ2n) is 9.05. The van der Waals surface area contributed by atoms with Crippen LogP contribution in [0.15, 0.2) is 60.7 Å². The average Bonchev–Trinajstić information content (AvgIpc) is 3.18. The van der Waals surface area contributed by atoms with Crippen LogP contribution in [0.25, 0.3) is 0 Å². The highest BCUT2D eigenvalue weighted by Gasteiger charge is 2.38. The maximum Gasteiger partial charge on any atom is 0.307 e. The van der Waals surface area contributed by atoms with Crippen LogP contribution in [0.1, 0.15) is 79.8 Å². The number of benzene rings is 2. The maximum atomic E-state index is 12.5. The van der Waals surface area contributed by atoms with Crippen molar-refractivity contribution in [3.05, 3.63) is 89.0 Å². The van der Waals surface area contributed by atoms with Crippen molar-refractivity contribution in [3.8, 4) is 0 Å². The lowest BCUT2D eigenvalue weighted by Gasteiger charge is -2.32. The van der Waals surface area contributed by atoms with E-state index in [0.717, 1.165) is 42.0 Å². The van der Waals surface area contributed by atoms with Crippen LogP contribution in [0.3, 0.4) is 0 Å². The second kappa shape index (κ2) is 9.09. The van der Waals surface area contributed by atoms with E-state index in [4.69, 9.17) is 4.98 Å². The van der Waals surface area contributed by atoms with Crippen LogP contribution in [-0.2, 0) is 17.6 Å². The van der Waals surface area contributed by atoms with Crippen LogP contribution < -0.4 is 0 Å². The lowest BCUT2D eigenvalue weighted by atomic mass is 9.77. The fourth-order valence-corrected chi connectivity index (χ4v) is 5.07. The van der Waals surface area contributed by atoms with E-state index in [1.54, 1.807) is 0 Å². The minimum absolute atomic E-state index is 0.0346. The normalized spacial score (nSPS) is 17.9. The summed E-state index contributed by atoms with van der Waals surface area (Å²) < 4.78 is 2.36. The van der Waals surface area contributed by atoms with Gasteiger partial charge >= 0.3 is 5.97 Å². The minimum Gasteiger partial charge on any atom is -0.481 e. The smallest absolute Gasteiger partial charge is 0.307 e. The van der Waals surface area contributed by atoms with Crippen molar-refractivity contribution in [1.29, 1.82) is 0 Å². The van der Waals surface area contributed by atoms with Crippen molar-refractivity contribution in [2.24, 2.45) is 5.92 Å². The first kappa shape index (κ1) is 21.4. The number of hydrogen-bond donors (Lipinski definition) is 1. The van der Waals surface area contributed by atoms with Gasteiger partial charge in [0, 0.05) is 17.5 Å². The molecule has 1 aromatic heterocycles. The zero-order valence-corrected chi connectivity index (χ0v) is 18.7. The van der Waals surface area contributed by atoms with Crippen molar-refractivity contribution in [2.45, 2.75) is 64.3 Å². The number of carbonyl (C=O) groups is 1. The van der Waals surface area contributed by atoms with Gasteiger partial charge in [-0.25, -0.2) is 4.98 Å². The standard InChI is InChI=1S/C27H32N2O2/c1-18(2)26-28-24-16-10-15-22(23(27(30)31)17-20-11-6-4-7-12-20)25(24)29(26)19(3)21-13-8-5-9-14-21/h4-9,11-14,18-19,22-23H,10,15-17H2,1-3H3,(H,30,31)/t19-,22?,23?/m1/s1. The Hall–Kier alpha value is -2.88. The third-order valence-electron chi connectivity index (χ3n) is 6.62. The number of fused-ring (bicyclic) bond motifs is 1. The third kappa shape index (κ3) is 4.30.